The molecule has 27 heavy (non-hydrogen) atoms. The van der Waals surface area contributed by atoms with E-state index in [2.05, 4.69) is 19.2 Å². The summed E-state index contributed by atoms with van der Waals surface area (Å²) in [4.78, 5) is 12.0. The molecule has 1 spiro atoms. The van der Waals surface area contributed by atoms with Gasteiger partial charge < -0.3 is 14.8 Å². The van der Waals surface area contributed by atoms with Crippen molar-refractivity contribution in [2.24, 2.45) is 23.7 Å². The summed E-state index contributed by atoms with van der Waals surface area (Å²) in [5.41, 5.74) is 0.292. The molecule has 1 aromatic rings. The van der Waals surface area contributed by atoms with Crippen LogP contribution in [0.15, 0.2) is 24.3 Å². The first-order chi connectivity index (χ1) is 12.9. The minimum Gasteiger partial charge on any atom is -0.360 e. The molecule has 8 atom stereocenters. The highest BCUT2D eigenvalue weighted by Crippen LogP contribution is 2.60. The van der Waals surface area contributed by atoms with Crippen LogP contribution >= 0.6 is 0 Å². The number of rotatable bonds is 2. The number of ether oxygens (including phenoxy) is 2. The molecule has 0 amide bonds. The maximum absolute atomic E-state index is 13.2. The van der Waals surface area contributed by atoms with E-state index in [1.165, 1.54) is 18.6 Å². The van der Waals surface area contributed by atoms with Gasteiger partial charge in [-0.05, 0) is 62.3 Å². The fourth-order valence-electron chi connectivity index (χ4n) is 5.78. The Labute approximate surface area is 159 Å². The molecule has 1 N–H and O–H groups in total. The molecule has 6 heteroatoms. The van der Waals surface area contributed by atoms with Gasteiger partial charge in [-0.2, -0.15) is 0 Å². The fourth-order valence-corrected chi connectivity index (χ4v) is 5.78. The summed E-state index contributed by atoms with van der Waals surface area (Å²) >= 11 is 0. The van der Waals surface area contributed by atoms with Gasteiger partial charge >= 0.3 is 0 Å². The van der Waals surface area contributed by atoms with Crippen molar-refractivity contribution in [3.8, 4) is 0 Å². The number of nitrogens with one attached hydrogen (secondary N) is 1. The van der Waals surface area contributed by atoms with Crippen LogP contribution in [0.4, 0.5) is 10.1 Å². The lowest BCUT2D eigenvalue weighted by molar-refractivity contribution is -0.570. The van der Waals surface area contributed by atoms with Crippen LogP contribution in [0, 0.1) is 29.5 Å². The van der Waals surface area contributed by atoms with Crippen molar-refractivity contribution in [1.29, 1.82) is 0 Å². The van der Waals surface area contributed by atoms with Crippen molar-refractivity contribution in [2.75, 3.05) is 5.32 Å². The molecule has 6 rings (SSSR count). The van der Waals surface area contributed by atoms with Gasteiger partial charge in [-0.15, -0.1) is 0 Å². The Morgan fingerprint density at radius 1 is 1.04 bits per heavy atom. The predicted octanol–water partition coefficient (Wildman–Crippen LogP) is 4.45. The minimum absolute atomic E-state index is 0.205. The lowest BCUT2D eigenvalue weighted by atomic mass is 9.58. The molecule has 1 aliphatic carbocycles. The van der Waals surface area contributed by atoms with Gasteiger partial charge in [0.05, 0.1) is 0 Å². The van der Waals surface area contributed by atoms with Crippen molar-refractivity contribution in [3.63, 3.8) is 0 Å². The van der Waals surface area contributed by atoms with E-state index < -0.39 is 17.7 Å². The monoisotopic (exact) mass is 377 g/mol. The second-order valence-corrected chi connectivity index (χ2v) is 8.98. The molecule has 5 nitrogen and oxygen atoms in total. The number of hydrogen-bond acceptors (Lipinski definition) is 5. The summed E-state index contributed by atoms with van der Waals surface area (Å²) in [5.74, 6) is 0.380. The Morgan fingerprint density at radius 2 is 1.81 bits per heavy atom. The van der Waals surface area contributed by atoms with Gasteiger partial charge in [0.25, 0.3) is 0 Å². The van der Waals surface area contributed by atoms with E-state index >= 15 is 0 Å². The zero-order valence-electron chi connectivity index (χ0n) is 16.1. The summed E-state index contributed by atoms with van der Waals surface area (Å²) in [6, 6.07) is 6.39. The molecule has 4 saturated heterocycles. The lowest BCUT2D eigenvalue weighted by Crippen LogP contribution is -2.71. The van der Waals surface area contributed by atoms with Crippen molar-refractivity contribution < 1.29 is 23.6 Å². The van der Waals surface area contributed by atoms with Crippen molar-refractivity contribution in [1.82, 2.24) is 0 Å². The smallest absolute Gasteiger partial charge is 0.201 e. The predicted molar refractivity (Wildman–Crippen MR) is 96.9 cm³/mol. The molecular weight excluding hydrogens is 349 g/mol. The van der Waals surface area contributed by atoms with Crippen molar-refractivity contribution in [2.45, 2.75) is 70.4 Å². The minimum atomic E-state index is -0.765. The molecule has 148 valence electrons. The van der Waals surface area contributed by atoms with Crippen molar-refractivity contribution >= 4 is 5.69 Å². The normalized spacial score (nSPS) is 48.6. The number of halogens is 1. The number of hydrogen-bond donors (Lipinski definition) is 1. The van der Waals surface area contributed by atoms with E-state index in [1.807, 2.05) is 6.92 Å². The van der Waals surface area contributed by atoms with Gasteiger partial charge in [0.15, 0.2) is 11.9 Å². The lowest BCUT2D eigenvalue weighted by Gasteiger charge is -2.60. The molecule has 4 heterocycles. The summed E-state index contributed by atoms with van der Waals surface area (Å²) in [5, 5.41) is 3.43. The highest BCUT2D eigenvalue weighted by Gasteiger charge is 2.69. The van der Waals surface area contributed by atoms with Crippen LogP contribution < -0.4 is 5.32 Å². The first kappa shape index (κ1) is 17.9. The van der Waals surface area contributed by atoms with Gasteiger partial charge in [-0.3, -0.25) is 0 Å². The quantitative estimate of drug-likeness (QED) is 0.772. The molecule has 1 aromatic carbocycles. The maximum Gasteiger partial charge on any atom is 0.201 e. The third-order valence-electron chi connectivity index (χ3n) is 7.31. The van der Waals surface area contributed by atoms with E-state index in [4.69, 9.17) is 19.2 Å². The third kappa shape index (κ3) is 2.64. The SMILES string of the molecule is C[C@H]1[C@H](Nc2ccc(F)cc2)O[C@@H]2O[C@]3(C)CC[C@H]4[C@H](C)CC[C@@H]1[C@@]24OO3. The maximum atomic E-state index is 13.2. The zero-order valence-corrected chi connectivity index (χ0v) is 16.1. The van der Waals surface area contributed by atoms with Crippen molar-refractivity contribution in [3.05, 3.63) is 30.1 Å². The van der Waals surface area contributed by atoms with E-state index in [-0.39, 0.29) is 23.9 Å². The van der Waals surface area contributed by atoms with Gasteiger partial charge in [-0.25, -0.2) is 14.2 Å². The van der Waals surface area contributed by atoms with Gasteiger partial charge in [0.1, 0.15) is 12.0 Å². The molecule has 0 aromatic heterocycles. The highest BCUT2D eigenvalue weighted by atomic mass is 19.1. The van der Waals surface area contributed by atoms with Crippen LogP contribution in [0.25, 0.3) is 0 Å². The Bertz CT molecular complexity index is 715. The number of benzene rings is 1. The molecule has 0 unspecified atom stereocenters. The fraction of sp³-hybridized carbons (Fsp3) is 0.714. The van der Waals surface area contributed by atoms with Gasteiger partial charge in [0, 0.05) is 23.9 Å². The summed E-state index contributed by atoms with van der Waals surface area (Å²) in [6.45, 7) is 6.44. The van der Waals surface area contributed by atoms with Crippen LogP contribution in [0.5, 0.6) is 0 Å². The van der Waals surface area contributed by atoms with Gasteiger partial charge in [-0.1, -0.05) is 13.8 Å². The first-order valence-corrected chi connectivity index (χ1v) is 10.1. The van der Waals surface area contributed by atoms with E-state index in [0.29, 0.717) is 11.8 Å². The van der Waals surface area contributed by atoms with Crippen LogP contribution in [0.2, 0.25) is 0 Å². The molecular formula is C21H28FNO4. The zero-order chi connectivity index (χ0) is 18.8. The Kier molecular flexibility index (Phi) is 4.06. The Balaban J connectivity index is 1.48. The standard InChI is InChI=1S/C21H28FNO4/c1-12-4-9-17-13(2)18(23-15-7-5-14(22)6-8-15)24-19-21(17)16(12)10-11-20(3,25-19)26-27-21/h5-8,12-13,16-19,23H,4,9-11H2,1-3H3/t12-,13-,16+,17+,18-,19-,20+,21-/m1/s1. The molecule has 4 aliphatic heterocycles. The largest absolute Gasteiger partial charge is 0.360 e. The van der Waals surface area contributed by atoms with E-state index in [0.717, 1.165) is 24.9 Å². The van der Waals surface area contributed by atoms with Crippen LogP contribution in [-0.4, -0.2) is 23.9 Å². The topological polar surface area (TPSA) is 49.0 Å². The Morgan fingerprint density at radius 3 is 2.59 bits per heavy atom. The second-order valence-electron chi connectivity index (χ2n) is 8.98. The van der Waals surface area contributed by atoms with Gasteiger partial charge in [0.2, 0.25) is 5.79 Å². The van der Waals surface area contributed by atoms with Crippen LogP contribution in [0.1, 0.15) is 46.5 Å². The van der Waals surface area contributed by atoms with E-state index in [9.17, 15) is 4.39 Å². The molecule has 5 aliphatic rings. The average molecular weight is 377 g/mol. The second kappa shape index (κ2) is 6.14. The highest BCUT2D eigenvalue weighted by molar-refractivity contribution is 5.43. The molecule has 0 radical (unpaired) electrons. The number of anilines is 1. The Hall–Kier alpha value is -1.21. The molecule has 1 saturated carbocycles. The summed E-state index contributed by atoms with van der Waals surface area (Å²) < 4.78 is 26.0. The van der Waals surface area contributed by atoms with Crippen LogP contribution in [-0.2, 0) is 19.2 Å². The first-order valence-electron chi connectivity index (χ1n) is 10.1. The van der Waals surface area contributed by atoms with Crippen LogP contribution in [0.3, 0.4) is 0 Å². The summed E-state index contributed by atoms with van der Waals surface area (Å²) in [7, 11) is 0. The molecule has 5 fully saturated rings. The number of fused-ring (bicyclic) bond motifs is 2. The third-order valence-corrected chi connectivity index (χ3v) is 7.31. The average Bonchev–Trinajstić information content (AvgIpc) is 2.87. The molecule has 2 bridgehead atoms. The summed E-state index contributed by atoms with van der Waals surface area (Å²) in [6.07, 6.45) is 3.38. The van der Waals surface area contributed by atoms with E-state index in [1.54, 1.807) is 12.1 Å².